The summed E-state index contributed by atoms with van der Waals surface area (Å²) in [6.45, 7) is 3.69. The smallest absolute Gasteiger partial charge is 0.262 e. The van der Waals surface area contributed by atoms with Crippen LogP contribution in [0.15, 0.2) is 41.3 Å². The summed E-state index contributed by atoms with van der Waals surface area (Å²) in [6, 6.07) is 8.51. The topological polar surface area (TPSA) is 72.2 Å². The summed E-state index contributed by atoms with van der Waals surface area (Å²) in [6.07, 6.45) is 0. The van der Waals surface area contributed by atoms with E-state index in [9.17, 15) is 12.8 Å². The molecule has 0 aliphatic rings. The van der Waals surface area contributed by atoms with E-state index in [-0.39, 0.29) is 10.6 Å². The van der Waals surface area contributed by atoms with Crippen LogP contribution in [0, 0.1) is 19.7 Å². The molecule has 0 saturated heterocycles. The van der Waals surface area contributed by atoms with Gasteiger partial charge >= 0.3 is 0 Å². The van der Waals surface area contributed by atoms with Crippen LogP contribution in [0.2, 0.25) is 0 Å². The Balaban J connectivity index is 2.43. The predicted molar refractivity (Wildman–Crippen MR) is 77.5 cm³/mol. The Morgan fingerprint density at radius 3 is 2.50 bits per heavy atom. The molecular formula is C14H15FN2O2S. The molecule has 0 amide bonds. The van der Waals surface area contributed by atoms with Crippen molar-refractivity contribution in [1.29, 1.82) is 0 Å². The molecule has 20 heavy (non-hydrogen) atoms. The Bertz CT molecular complexity index is 738. The minimum absolute atomic E-state index is 0.0614. The molecule has 0 spiro atoms. The zero-order valence-corrected chi connectivity index (χ0v) is 12.0. The van der Waals surface area contributed by atoms with Gasteiger partial charge in [0.1, 0.15) is 5.82 Å². The van der Waals surface area contributed by atoms with Crippen LogP contribution < -0.4 is 10.5 Å². The molecule has 4 nitrogen and oxygen atoms in total. The molecule has 0 saturated carbocycles. The van der Waals surface area contributed by atoms with E-state index in [0.717, 1.165) is 23.3 Å². The second-order valence-corrected chi connectivity index (χ2v) is 6.26. The summed E-state index contributed by atoms with van der Waals surface area (Å²) >= 11 is 0. The third kappa shape index (κ3) is 2.91. The molecule has 0 aromatic heterocycles. The Morgan fingerprint density at radius 2 is 1.85 bits per heavy atom. The lowest BCUT2D eigenvalue weighted by molar-refractivity contribution is 0.595. The maximum atomic E-state index is 13.3. The van der Waals surface area contributed by atoms with Gasteiger partial charge in [0.15, 0.2) is 0 Å². The molecule has 0 aliphatic heterocycles. The lowest BCUT2D eigenvalue weighted by Crippen LogP contribution is -2.14. The van der Waals surface area contributed by atoms with E-state index < -0.39 is 15.8 Å². The van der Waals surface area contributed by atoms with E-state index in [1.807, 2.05) is 19.9 Å². The van der Waals surface area contributed by atoms with Gasteiger partial charge in [-0.25, -0.2) is 12.8 Å². The third-order valence-electron chi connectivity index (χ3n) is 3.05. The SMILES string of the molecule is Cc1cccc(NS(=O)(=O)c2cc(N)cc(F)c2)c1C. The first-order valence-corrected chi connectivity index (χ1v) is 7.43. The van der Waals surface area contributed by atoms with Gasteiger partial charge in [-0.1, -0.05) is 12.1 Å². The maximum absolute atomic E-state index is 13.3. The van der Waals surface area contributed by atoms with Gasteiger partial charge in [0.05, 0.1) is 10.6 Å². The third-order valence-corrected chi connectivity index (χ3v) is 4.40. The first-order valence-electron chi connectivity index (χ1n) is 5.95. The number of benzene rings is 2. The first-order chi connectivity index (χ1) is 9.29. The Labute approximate surface area is 117 Å². The van der Waals surface area contributed by atoms with Crippen LogP contribution in [0.4, 0.5) is 15.8 Å². The average Bonchev–Trinajstić information content (AvgIpc) is 2.33. The number of anilines is 2. The molecule has 0 heterocycles. The molecule has 0 aliphatic carbocycles. The largest absolute Gasteiger partial charge is 0.399 e. The number of hydrogen-bond donors (Lipinski definition) is 2. The van der Waals surface area contributed by atoms with E-state index in [1.165, 1.54) is 6.07 Å². The van der Waals surface area contributed by atoms with E-state index in [2.05, 4.69) is 4.72 Å². The summed E-state index contributed by atoms with van der Waals surface area (Å²) < 4.78 is 40.2. The second-order valence-electron chi connectivity index (χ2n) is 4.57. The van der Waals surface area contributed by atoms with Crippen molar-refractivity contribution in [2.75, 3.05) is 10.5 Å². The maximum Gasteiger partial charge on any atom is 0.262 e. The summed E-state index contributed by atoms with van der Waals surface area (Å²) in [5, 5.41) is 0. The fourth-order valence-electron chi connectivity index (χ4n) is 1.80. The highest BCUT2D eigenvalue weighted by Gasteiger charge is 2.17. The summed E-state index contributed by atoms with van der Waals surface area (Å²) in [5.74, 6) is -0.689. The van der Waals surface area contributed by atoms with Crippen LogP contribution in [0.3, 0.4) is 0 Å². The van der Waals surface area contributed by atoms with Gasteiger partial charge in [0.25, 0.3) is 10.0 Å². The van der Waals surface area contributed by atoms with Gasteiger partial charge in [-0.05, 0) is 49.2 Å². The molecule has 2 aromatic carbocycles. The number of nitrogens with two attached hydrogens (primary N) is 1. The van der Waals surface area contributed by atoms with Crippen LogP contribution in [0.25, 0.3) is 0 Å². The summed E-state index contributed by atoms with van der Waals surface area (Å²) in [4.78, 5) is -0.198. The molecule has 0 atom stereocenters. The van der Waals surface area contributed by atoms with Crippen molar-refractivity contribution in [1.82, 2.24) is 0 Å². The van der Waals surface area contributed by atoms with Crippen molar-refractivity contribution < 1.29 is 12.8 Å². The van der Waals surface area contributed by atoms with Crippen molar-refractivity contribution in [2.24, 2.45) is 0 Å². The highest BCUT2D eigenvalue weighted by atomic mass is 32.2. The molecule has 0 radical (unpaired) electrons. The normalized spacial score (nSPS) is 11.3. The number of halogens is 1. The van der Waals surface area contributed by atoms with Crippen LogP contribution >= 0.6 is 0 Å². The van der Waals surface area contributed by atoms with Gasteiger partial charge in [-0.3, -0.25) is 4.72 Å². The monoisotopic (exact) mass is 294 g/mol. The molecule has 2 aromatic rings. The first kappa shape index (κ1) is 14.3. The number of hydrogen-bond acceptors (Lipinski definition) is 3. The summed E-state index contributed by atoms with van der Waals surface area (Å²) in [7, 11) is -3.87. The quantitative estimate of drug-likeness (QED) is 0.855. The number of nitrogens with one attached hydrogen (secondary N) is 1. The number of rotatable bonds is 3. The molecule has 0 fully saturated rings. The number of sulfonamides is 1. The highest BCUT2D eigenvalue weighted by molar-refractivity contribution is 7.92. The predicted octanol–water partition coefficient (Wildman–Crippen LogP) is 2.83. The van der Waals surface area contributed by atoms with E-state index in [0.29, 0.717) is 5.69 Å². The lowest BCUT2D eigenvalue weighted by atomic mass is 10.1. The van der Waals surface area contributed by atoms with Crippen molar-refractivity contribution in [3.05, 3.63) is 53.3 Å². The van der Waals surface area contributed by atoms with Crippen molar-refractivity contribution >= 4 is 21.4 Å². The lowest BCUT2D eigenvalue weighted by Gasteiger charge is -2.12. The van der Waals surface area contributed by atoms with Gasteiger partial charge in [-0.15, -0.1) is 0 Å². The molecule has 106 valence electrons. The molecule has 0 unspecified atom stereocenters. The van der Waals surface area contributed by atoms with Crippen molar-refractivity contribution in [2.45, 2.75) is 18.7 Å². The minimum Gasteiger partial charge on any atom is -0.399 e. The second kappa shape index (κ2) is 5.13. The Morgan fingerprint density at radius 1 is 1.15 bits per heavy atom. The van der Waals surface area contributed by atoms with Crippen LogP contribution in [-0.2, 0) is 10.0 Å². The van der Waals surface area contributed by atoms with Crippen LogP contribution in [0.1, 0.15) is 11.1 Å². The van der Waals surface area contributed by atoms with E-state index >= 15 is 0 Å². The van der Waals surface area contributed by atoms with Crippen LogP contribution in [0.5, 0.6) is 0 Å². The molecule has 6 heteroatoms. The van der Waals surface area contributed by atoms with Gasteiger partial charge < -0.3 is 5.73 Å². The standard InChI is InChI=1S/C14H15FN2O2S/c1-9-4-3-5-14(10(9)2)17-20(18,19)13-7-11(15)6-12(16)8-13/h3-8,17H,16H2,1-2H3. The van der Waals surface area contributed by atoms with Crippen molar-refractivity contribution in [3.8, 4) is 0 Å². The van der Waals surface area contributed by atoms with Gasteiger partial charge in [-0.2, -0.15) is 0 Å². The number of aryl methyl sites for hydroxylation is 1. The fraction of sp³-hybridized carbons (Fsp3) is 0.143. The Hall–Kier alpha value is -2.08. The van der Waals surface area contributed by atoms with Gasteiger partial charge in [0, 0.05) is 5.69 Å². The number of nitrogen functional groups attached to an aromatic ring is 1. The zero-order chi connectivity index (χ0) is 14.9. The van der Waals surface area contributed by atoms with E-state index in [1.54, 1.807) is 12.1 Å². The average molecular weight is 294 g/mol. The van der Waals surface area contributed by atoms with E-state index in [4.69, 9.17) is 5.73 Å². The van der Waals surface area contributed by atoms with Gasteiger partial charge in [0.2, 0.25) is 0 Å². The highest BCUT2D eigenvalue weighted by Crippen LogP contribution is 2.23. The molecular weight excluding hydrogens is 279 g/mol. The minimum atomic E-state index is -3.87. The molecule has 0 bridgehead atoms. The zero-order valence-electron chi connectivity index (χ0n) is 11.1. The Kier molecular flexibility index (Phi) is 3.67. The van der Waals surface area contributed by atoms with Crippen molar-refractivity contribution in [3.63, 3.8) is 0 Å². The molecule has 3 N–H and O–H groups in total. The fourth-order valence-corrected chi connectivity index (χ4v) is 2.99. The van der Waals surface area contributed by atoms with Crippen LogP contribution in [-0.4, -0.2) is 8.42 Å². The molecule has 2 rings (SSSR count). The summed E-state index contributed by atoms with van der Waals surface area (Å²) in [5.41, 5.74) is 7.78.